The van der Waals surface area contributed by atoms with Crippen LogP contribution in [-0.2, 0) is 16.1 Å². The third-order valence-electron chi connectivity index (χ3n) is 4.56. The van der Waals surface area contributed by atoms with Crippen LogP contribution in [0.25, 0.3) is 0 Å². The van der Waals surface area contributed by atoms with E-state index in [0.717, 1.165) is 10.4 Å². The van der Waals surface area contributed by atoms with E-state index in [4.69, 9.17) is 0 Å². The van der Waals surface area contributed by atoms with Gasteiger partial charge in [-0.2, -0.15) is 0 Å². The molecule has 5 nitrogen and oxygen atoms in total. The van der Waals surface area contributed by atoms with Gasteiger partial charge in [0.05, 0.1) is 18.5 Å². The van der Waals surface area contributed by atoms with Gasteiger partial charge in [0, 0.05) is 11.9 Å². The van der Waals surface area contributed by atoms with Gasteiger partial charge in [-0.15, -0.1) is 11.3 Å². The van der Waals surface area contributed by atoms with Crippen molar-refractivity contribution in [1.82, 2.24) is 15.3 Å². The van der Waals surface area contributed by atoms with E-state index < -0.39 is 6.04 Å². The number of rotatable bonds is 3. The number of fused-ring (bicyclic) bond motifs is 1. The van der Waals surface area contributed by atoms with Gasteiger partial charge in [0.15, 0.2) is 0 Å². The number of hydrogen-bond donors (Lipinski definition) is 1. The number of nitrogens with one attached hydrogen (secondary N) is 1. The molecule has 2 aromatic rings. The number of imide groups is 1. The predicted molar refractivity (Wildman–Crippen MR) is 87.2 cm³/mol. The van der Waals surface area contributed by atoms with Crippen molar-refractivity contribution >= 4 is 23.2 Å². The Kier molecular flexibility index (Phi) is 3.52. The molecule has 3 atom stereocenters. The molecule has 0 unspecified atom stereocenters. The molecule has 23 heavy (non-hydrogen) atoms. The van der Waals surface area contributed by atoms with E-state index in [-0.39, 0.29) is 23.8 Å². The molecule has 3 heterocycles. The number of amides is 2. The zero-order chi connectivity index (χ0) is 16.0. The first-order chi connectivity index (χ1) is 11.2. The quantitative estimate of drug-likeness (QED) is 0.874. The molecule has 1 aromatic carbocycles. The van der Waals surface area contributed by atoms with Gasteiger partial charge in [0.2, 0.25) is 11.8 Å². The van der Waals surface area contributed by atoms with E-state index in [1.54, 1.807) is 16.3 Å². The monoisotopic (exact) mass is 327 g/mol. The Labute approximate surface area is 138 Å². The third kappa shape index (κ3) is 2.30. The van der Waals surface area contributed by atoms with Gasteiger partial charge in [-0.25, -0.2) is 10.4 Å². The molecule has 2 aliphatic rings. The van der Waals surface area contributed by atoms with E-state index in [1.165, 1.54) is 4.90 Å². The van der Waals surface area contributed by atoms with Crippen molar-refractivity contribution in [2.45, 2.75) is 18.6 Å². The highest BCUT2D eigenvalue weighted by Gasteiger charge is 2.57. The smallest absolute Gasteiger partial charge is 0.249 e. The maximum Gasteiger partial charge on any atom is 0.249 e. The van der Waals surface area contributed by atoms with E-state index in [1.807, 2.05) is 54.9 Å². The maximum atomic E-state index is 12.9. The fourth-order valence-corrected chi connectivity index (χ4v) is 4.30. The van der Waals surface area contributed by atoms with Crippen molar-refractivity contribution in [1.29, 1.82) is 0 Å². The van der Waals surface area contributed by atoms with Crippen LogP contribution in [0.1, 0.15) is 16.5 Å². The van der Waals surface area contributed by atoms with Crippen LogP contribution in [0.5, 0.6) is 0 Å². The van der Waals surface area contributed by atoms with Gasteiger partial charge in [0.25, 0.3) is 0 Å². The summed E-state index contributed by atoms with van der Waals surface area (Å²) in [6.45, 7) is 0.344. The molecule has 4 rings (SSSR count). The molecule has 0 saturated carbocycles. The summed E-state index contributed by atoms with van der Waals surface area (Å²) in [5, 5.41) is 3.79. The second kappa shape index (κ2) is 5.56. The number of hydrogen-bond acceptors (Lipinski definition) is 5. The summed E-state index contributed by atoms with van der Waals surface area (Å²) < 4.78 is 0. The zero-order valence-corrected chi connectivity index (χ0v) is 13.5. The average molecular weight is 327 g/mol. The van der Waals surface area contributed by atoms with Gasteiger partial charge < -0.3 is 0 Å². The second-order valence-corrected chi connectivity index (χ2v) is 6.93. The van der Waals surface area contributed by atoms with Crippen molar-refractivity contribution in [2.75, 3.05) is 7.05 Å². The maximum absolute atomic E-state index is 12.9. The largest absolute Gasteiger partial charge is 0.276 e. The first-order valence-electron chi connectivity index (χ1n) is 7.58. The van der Waals surface area contributed by atoms with Gasteiger partial charge in [-0.3, -0.25) is 14.5 Å². The number of hydrazine groups is 1. The fourth-order valence-electron chi connectivity index (χ4n) is 3.48. The lowest BCUT2D eigenvalue weighted by molar-refractivity contribution is -0.142. The van der Waals surface area contributed by atoms with Crippen LogP contribution in [0.4, 0.5) is 0 Å². The standard InChI is InChI=1S/C17H17N3O2S/c1-19-15-13(14(18-19)12-8-5-9-23-12)16(21)20(17(15)22)10-11-6-3-2-4-7-11/h2-9,13-15,18H,10H2,1H3/t13-,14+,15-/m0/s1. The van der Waals surface area contributed by atoms with Gasteiger partial charge >= 0.3 is 0 Å². The minimum absolute atomic E-state index is 0.0842. The van der Waals surface area contributed by atoms with E-state index in [2.05, 4.69) is 5.43 Å². The fraction of sp³-hybridized carbons (Fsp3) is 0.294. The van der Waals surface area contributed by atoms with Gasteiger partial charge in [0.1, 0.15) is 6.04 Å². The molecule has 2 aliphatic heterocycles. The molecule has 0 spiro atoms. The van der Waals surface area contributed by atoms with Crippen LogP contribution in [0, 0.1) is 5.92 Å². The third-order valence-corrected chi connectivity index (χ3v) is 5.52. The minimum atomic E-state index is -0.418. The summed E-state index contributed by atoms with van der Waals surface area (Å²) in [7, 11) is 1.84. The van der Waals surface area contributed by atoms with E-state index in [9.17, 15) is 9.59 Å². The summed E-state index contributed by atoms with van der Waals surface area (Å²) in [4.78, 5) is 28.1. The van der Waals surface area contributed by atoms with Crippen LogP contribution in [0.2, 0.25) is 0 Å². The molecule has 0 aliphatic carbocycles. The molecule has 2 fully saturated rings. The Hall–Kier alpha value is -2.02. The van der Waals surface area contributed by atoms with Gasteiger partial charge in [-0.05, 0) is 17.0 Å². The minimum Gasteiger partial charge on any atom is -0.276 e. The first-order valence-corrected chi connectivity index (χ1v) is 8.46. The molecule has 1 N–H and O–H groups in total. The van der Waals surface area contributed by atoms with Crippen LogP contribution < -0.4 is 5.43 Å². The lowest BCUT2D eigenvalue weighted by Crippen LogP contribution is -2.42. The molecule has 6 heteroatoms. The normalized spacial score (nSPS) is 27.7. The molecular weight excluding hydrogens is 310 g/mol. The lowest BCUT2D eigenvalue weighted by Gasteiger charge is -2.21. The zero-order valence-electron chi connectivity index (χ0n) is 12.7. The van der Waals surface area contributed by atoms with Crippen molar-refractivity contribution in [3.05, 3.63) is 58.3 Å². The Morgan fingerprint density at radius 2 is 1.87 bits per heavy atom. The summed E-state index contributed by atoms with van der Waals surface area (Å²) >= 11 is 1.61. The second-order valence-electron chi connectivity index (χ2n) is 5.95. The lowest BCUT2D eigenvalue weighted by atomic mass is 9.95. The molecule has 1 aromatic heterocycles. The highest BCUT2D eigenvalue weighted by atomic mass is 32.1. The van der Waals surface area contributed by atoms with Gasteiger partial charge in [-0.1, -0.05) is 36.4 Å². The summed E-state index contributed by atoms with van der Waals surface area (Å²) in [5.74, 6) is -0.549. The Morgan fingerprint density at radius 3 is 2.57 bits per heavy atom. The molecule has 0 radical (unpaired) electrons. The SMILES string of the molecule is CN1N[C@H](c2cccs2)[C@@H]2C(=O)N(Cc3ccccc3)C(=O)[C@H]21. The van der Waals surface area contributed by atoms with Crippen molar-refractivity contribution in [3.63, 3.8) is 0 Å². The van der Waals surface area contributed by atoms with Crippen LogP contribution in [-0.4, -0.2) is 34.8 Å². The highest BCUT2D eigenvalue weighted by Crippen LogP contribution is 2.41. The van der Waals surface area contributed by atoms with Crippen LogP contribution in [0.3, 0.4) is 0 Å². The Morgan fingerprint density at radius 1 is 1.09 bits per heavy atom. The number of carbonyl (C=O) groups excluding carboxylic acids is 2. The molecular formula is C17H17N3O2S. The number of likely N-dealkylation sites (tertiary alicyclic amines) is 1. The average Bonchev–Trinajstić information content (AvgIpc) is 3.24. The summed E-state index contributed by atoms with van der Waals surface area (Å²) in [6, 6.07) is 13.1. The summed E-state index contributed by atoms with van der Waals surface area (Å²) in [5.41, 5.74) is 4.25. The van der Waals surface area contributed by atoms with Crippen molar-refractivity contribution in [3.8, 4) is 0 Å². The number of likely N-dealkylation sites (N-methyl/N-ethyl adjacent to an activating group) is 1. The van der Waals surface area contributed by atoms with E-state index in [0.29, 0.717) is 6.54 Å². The van der Waals surface area contributed by atoms with Crippen LogP contribution in [0.15, 0.2) is 47.8 Å². The van der Waals surface area contributed by atoms with Crippen molar-refractivity contribution < 1.29 is 9.59 Å². The molecule has 118 valence electrons. The topological polar surface area (TPSA) is 52.7 Å². The number of nitrogens with zero attached hydrogens (tertiary/aromatic N) is 2. The Bertz CT molecular complexity index is 732. The predicted octanol–water partition coefficient (Wildman–Crippen LogP) is 1.79. The Balaban J connectivity index is 1.64. The molecule has 0 bridgehead atoms. The van der Waals surface area contributed by atoms with E-state index >= 15 is 0 Å². The number of benzene rings is 1. The number of thiophene rings is 1. The summed E-state index contributed by atoms with van der Waals surface area (Å²) in [6.07, 6.45) is 0. The van der Waals surface area contributed by atoms with Crippen molar-refractivity contribution in [2.24, 2.45) is 5.92 Å². The molecule has 2 saturated heterocycles. The first kappa shape index (κ1) is 14.6. The molecule has 2 amide bonds. The van der Waals surface area contributed by atoms with Crippen LogP contribution >= 0.6 is 11.3 Å². The highest BCUT2D eigenvalue weighted by molar-refractivity contribution is 7.10. The number of carbonyl (C=O) groups is 2.